The molecule has 0 aromatic carbocycles. The fourth-order valence-corrected chi connectivity index (χ4v) is 2.79. The second kappa shape index (κ2) is 11.3. The topological polar surface area (TPSA) is 71.4 Å². The zero-order chi connectivity index (χ0) is 19.0. The second-order valence-electron chi connectivity index (χ2n) is 5.37. The molecule has 150 valence electrons. The van der Waals surface area contributed by atoms with Crippen LogP contribution in [-0.4, -0.2) is 42.3 Å². The van der Waals surface area contributed by atoms with Crippen molar-refractivity contribution in [3.8, 4) is 5.88 Å². The van der Waals surface area contributed by atoms with Gasteiger partial charge in [0.25, 0.3) is 0 Å². The Morgan fingerprint density at radius 2 is 2.07 bits per heavy atom. The van der Waals surface area contributed by atoms with Crippen LogP contribution in [0.15, 0.2) is 29.5 Å². The van der Waals surface area contributed by atoms with Crippen LogP contribution in [0.5, 0.6) is 5.88 Å². The van der Waals surface area contributed by atoms with Gasteiger partial charge in [0.15, 0.2) is 12.6 Å². The summed E-state index contributed by atoms with van der Waals surface area (Å²) in [7, 11) is 1.65. The Morgan fingerprint density at radius 3 is 2.70 bits per heavy atom. The van der Waals surface area contributed by atoms with Gasteiger partial charge in [0.1, 0.15) is 0 Å². The van der Waals surface area contributed by atoms with E-state index in [1.54, 1.807) is 24.5 Å². The summed E-state index contributed by atoms with van der Waals surface area (Å²) >= 11 is 1.65. The van der Waals surface area contributed by atoms with Gasteiger partial charge in [-0.2, -0.15) is 13.2 Å². The van der Waals surface area contributed by atoms with Crippen LogP contribution in [0.3, 0.4) is 0 Å². The van der Waals surface area contributed by atoms with E-state index in [4.69, 9.17) is 0 Å². The number of aliphatic imine (C=N–C) groups is 1. The molecule has 2 rings (SSSR count). The van der Waals surface area contributed by atoms with Crippen LogP contribution in [0.2, 0.25) is 0 Å². The molecule has 6 nitrogen and oxygen atoms in total. The first-order chi connectivity index (χ1) is 12.4. The Balaban J connectivity index is 0.00000364. The monoisotopic (exact) mass is 515 g/mol. The maximum absolute atomic E-state index is 12.2. The van der Waals surface area contributed by atoms with Crippen molar-refractivity contribution in [1.29, 1.82) is 0 Å². The summed E-state index contributed by atoms with van der Waals surface area (Å²) in [5.74, 6) is 0.525. The highest BCUT2D eigenvalue weighted by molar-refractivity contribution is 14.0. The molecular weight excluding hydrogens is 494 g/mol. The van der Waals surface area contributed by atoms with Crippen molar-refractivity contribution in [3.63, 3.8) is 0 Å². The zero-order valence-electron chi connectivity index (χ0n) is 14.8. The fourth-order valence-electron chi connectivity index (χ4n) is 2.01. The van der Waals surface area contributed by atoms with Crippen molar-refractivity contribution in [2.24, 2.45) is 4.99 Å². The third-order valence-corrected chi connectivity index (χ3v) is 4.14. The first-order valence-corrected chi connectivity index (χ1v) is 8.67. The highest BCUT2D eigenvalue weighted by Gasteiger charge is 2.28. The number of hydrogen-bond acceptors (Lipinski definition) is 5. The van der Waals surface area contributed by atoms with Gasteiger partial charge in [-0.1, -0.05) is 0 Å². The van der Waals surface area contributed by atoms with E-state index in [9.17, 15) is 13.2 Å². The van der Waals surface area contributed by atoms with Gasteiger partial charge in [-0.15, -0.1) is 35.3 Å². The molecule has 0 radical (unpaired) electrons. The third kappa shape index (κ3) is 9.22. The number of hydrogen-bond donors (Lipinski definition) is 2. The fraction of sp³-hybridized carbons (Fsp3) is 0.438. The summed E-state index contributed by atoms with van der Waals surface area (Å²) in [4.78, 5) is 13.3. The van der Waals surface area contributed by atoms with E-state index in [-0.39, 0.29) is 29.9 Å². The van der Waals surface area contributed by atoms with Gasteiger partial charge < -0.3 is 15.4 Å². The summed E-state index contributed by atoms with van der Waals surface area (Å²) in [6.07, 6.45) is -0.361. The summed E-state index contributed by atoms with van der Waals surface area (Å²) in [5, 5.41) is 7.31. The number of aromatic nitrogens is 2. The molecule has 2 aromatic heterocycles. The lowest BCUT2D eigenvalue weighted by Crippen LogP contribution is -2.37. The Morgan fingerprint density at radius 1 is 1.30 bits per heavy atom. The predicted molar refractivity (Wildman–Crippen MR) is 110 cm³/mol. The molecule has 0 aliphatic carbocycles. The number of halogens is 4. The van der Waals surface area contributed by atoms with Crippen LogP contribution in [0.1, 0.15) is 15.4 Å². The molecule has 0 spiro atoms. The minimum absolute atomic E-state index is 0. The first-order valence-electron chi connectivity index (χ1n) is 7.86. The van der Waals surface area contributed by atoms with Crippen molar-refractivity contribution in [3.05, 3.63) is 40.0 Å². The van der Waals surface area contributed by atoms with E-state index in [0.29, 0.717) is 19.0 Å². The molecule has 0 bridgehead atoms. The molecule has 2 N–H and O–H groups in total. The number of nitrogens with one attached hydrogen (secondary N) is 2. The lowest BCUT2D eigenvalue weighted by atomic mass is 10.2. The number of guanidine groups is 1. The normalized spacial score (nSPS) is 11.7. The molecule has 0 atom stereocenters. The summed E-state index contributed by atoms with van der Waals surface area (Å²) < 4.78 is 41.2. The van der Waals surface area contributed by atoms with Crippen molar-refractivity contribution >= 4 is 41.3 Å². The highest BCUT2D eigenvalue weighted by atomic mass is 127. The Hall–Kier alpha value is -1.63. The molecule has 0 fully saturated rings. The minimum atomic E-state index is -4.39. The summed E-state index contributed by atoms with van der Waals surface area (Å²) in [5.41, 5.74) is 0.732. The molecule has 0 amide bonds. The average molecular weight is 515 g/mol. The standard InChI is InChI=1S/C16H20F3N5OS.HI/c1-11-8-23-14(26-11)4-6-22-15(20-2)24-9-12-3-5-21-13(7-12)25-10-16(17,18)19;/h3,5,7-8H,4,6,9-10H2,1-2H3,(H2,20,22,24);1H. The van der Waals surface area contributed by atoms with E-state index in [1.165, 1.54) is 17.1 Å². The molecular formula is C16H21F3IN5OS. The van der Waals surface area contributed by atoms with E-state index in [2.05, 4.69) is 30.3 Å². The van der Waals surface area contributed by atoms with Crippen LogP contribution in [0.25, 0.3) is 0 Å². The Kier molecular flexibility index (Phi) is 9.77. The third-order valence-electron chi connectivity index (χ3n) is 3.17. The lowest BCUT2D eigenvalue weighted by Gasteiger charge is -2.12. The van der Waals surface area contributed by atoms with Gasteiger partial charge >= 0.3 is 6.18 Å². The number of nitrogens with zero attached hydrogens (tertiary/aromatic N) is 3. The molecule has 0 aliphatic rings. The number of alkyl halides is 3. The quantitative estimate of drug-likeness (QED) is 0.337. The van der Waals surface area contributed by atoms with Crippen molar-refractivity contribution in [2.45, 2.75) is 26.1 Å². The SMILES string of the molecule is CN=C(NCCc1ncc(C)s1)NCc1ccnc(OCC(F)(F)F)c1.I. The number of aryl methyl sites for hydroxylation is 1. The largest absolute Gasteiger partial charge is 0.468 e. The molecule has 2 aromatic rings. The van der Waals surface area contributed by atoms with Crippen LogP contribution < -0.4 is 15.4 Å². The number of rotatable bonds is 7. The van der Waals surface area contributed by atoms with Crippen LogP contribution in [0.4, 0.5) is 13.2 Å². The molecule has 0 saturated heterocycles. The molecule has 0 saturated carbocycles. The smallest absolute Gasteiger partial charge is 0.422 e. The Labute approximate surface area is 176 Å². The Bertz CT molecular complexity index is 739. The average Bonchev–Trinajstić information content (AvgIpc) is 3.01. The summed E-state index contributed by atoms with van der Waals surface area (Å²) in [6.45, 7) is 1.69. The lowest BCUT2D eigenvalue weighted by molar-refractivity contribution is -0.154. The van der Waals surface area contributed by atoms with Crippen LogP contribution in [-0.2, 0) is 13.0 Å². The van der Waals surface area contributed by atoms with Crippen molar-refractivity contribution in [1.82, 2.24) is 20.6 Å². The number of thiazole rings is 1. The molecule has 0 aliphatic heterocycles. The predicted octanol–water partition coefficient (Wildman–Crippen LogP) is 3.31. The molecule has 11 heteroatoms. The first kappa shape index (κ1) is 23.4. The van der Waals surface area contributed by atoms with E-state index in [0.717, 1.165) is 17.0 Å². The van der Waals surface area contributed by atoms with Gasteiger partial charge in [0, 0.05) is 49.9 Å². The zero-order valence-corrected chi connectivity index (χ0v) is 18.0. The van der Waals surface area contributed by atoms with Gasteiger partial charge in [0.05, 0.1) is 5.01 Å². The molecule has 0 unspecified atom stereocenters. The second-order valence-corrected chi connectivity index (χ2v) is 6.69. The van der Waals surface area contributed by atoms with Crippen molar-refractivity contribution < 1.29 is 17.9 Å². The van der Waals surface area contributed by atoms with Crippen molar-refractivity contribution in [2.75, 3.05) is 20.2 Å². The van der Waals surface area contributed by atoms with Gasteiger partial charge in [-0.3, -0.25) is 4.99 Å². The van der Waals surface area contributed by atoms with Gasteiger partial charge in [-0.25, -0.2) is 9.97 Å². The van der Waals surface area contributed by atoms with Gasteiger partial charge in [-0.05, 0) is 18.6 Å². The van der Waals surface area contributed by atoms with Gasteiger partial charge in [0.2, 0.25) is 5.88 Å². The minimum Gasteiger partial charge on any atom is -0.468 e. The number of pyridine rings is 1. The molecule has 27 heavy (non-hydrogen) atoms. The number of ether oxygens (including phenoxy) is 1. The van der Waals surface area contributed by atoms with Crippen LogP contribution in [0, 0.1) is 6.92 Å². The molecule has 2 heterocycles. The highest BCUT2D eigenvalue weighted by Crippen LogP contribution is 2.17. The summed E-state index contributed by atoms with van der Waals surface area (Å²) in [6, 6.07) is 3.16. The van der Waals surface area contributed by atoms with E-state index < -0.39 is 12.8 Å². The maximum Gasteiger partial charge on any atom is 0.422 e. The van der Waals surface area contributed by atoms with E-state index in [1.807, 2.05) is 13.1 Å². The van der Waals surface area contributed by atoms with E-state index >= 15 is 0 Å². The maximum atomic E-state index is 12.2. The van der Waals surface area contributed by atoms with Crippen LogP contribution >= 0.6 is 35.3 Å².